The first kappa shape index (κ1) is 23.0. The maximum absolute atomic E-state index is 13.5. The molecule has 1 aliphatic heterocycles. The normalized spacial score (nSPS) is 15.7. The average Bonchev–Trinajstić information content (AvgIpc) is 3.33. The Morgan fingerprint density at radius 2 is 1.97 bits per heavy atom. The SMILES string of the molecule is COC(=O)c1ccccc1-c1c(C(=O)C2CO2)c2nc(C(C)(C)C)[nH]n2c1N=Nc1nc(C)ns1. The molecule has 0 spiro atoms. The van der Waals surface area contributed by atoms with Crippen molar-refractivity contribution in [1.29, 1.82) is 0 Å². The monoisotopic (exact) mass is 493 g/mol. The molecular weight excluding hydrogens is 470 g/mol. The number of aryl methyl sites for hydroxylation is 1. The minimum Gasteiger partial charge on any atom is -0.465 e. The van der Waals surface area contributed by atoms with Crippen LogP contribution < -0.4 is 0 Å². The molecule has 35 heavy (non-hydrogen) atoms. The Morgan fingerprint density at radius 3 is 2.60 bits per heavy atom. The number of fused-ring (bicyclic) bond motifs is 1. The Hall–Kier alpha value is -3.77. The second-order valence-corrected chi connectivity index (χ2v) is 9.83. The summed E-state index contributed by atoms with van der Waals surface area (Å²) in [4.78, 5) is 35.2. The van der Waals surface area contributed by atoms with E-state index in [9.17, 15) is 9.59 Å². The maximum Gasteiger partial charge on any atom is 0.338 e. The molecule has 0 saturated carbocycles. The van der Waals surface area contributed by atoms with Gasteiger partial charge in [-0.15, -0.1) is 10.2 Å². The van der Waals surface area contributed by atoms with Crippen LogP contribution in [0.25, 0.3) is 16.8 Å². The number of ether oxygens (including phenoxy) is 2. The second kappa shape index (κ2) is 8.47. The van der Waals surface area contributed by atoms with Crippen LogP contribution in [0.1, 0.15) is 53.1 Å². The summed E-state index contributed by atoms with van der Waals surface area (Å²) in [6.45, 7) is 8.12. The van der Waals surface area contributed by atoms with Crippen LogP contribution in [0.4, 0.5) is 10.9 Å². The van der Waals surface area contributed by atoms with Crippen molar-refractivity contribution in [2.24, 2.45) is 10.2 Å². The number of Topliss-reactive ketones (excluding diaryl/α,β-unsaturated/α-hetero) is 1. The largest absolute Gasteiger partial charge is 0.465 e. The zero-order valence-electron chi connectivity index (χ0n) is 19.8. The van der Waals surface area contributed by atoms with Gasteiger partial charge in [0.2, 0.25) is 5.13 Å². The Balaban J connectivity index is 1.84. The number of rotatable bonds is 6. The number of carbonyl (C=O) groups excluding carboxylic acids is 2. The molecule has 1 N–H and O–H groups in total. The number of ketones is 1. The summed E-state index contributed by atoms with van der Waals surface area (Å²) in [5.41, 5.74) is 1.53. The number of epoxide rings is 1. The molecule has 0 radical (unpaired) electrons. The number of hydrogen-bond acceptors (Lipinski definition) is 10. The minimum atomic E-state index is -0.573. The number of azo groups is 1. The fourth-order valence-electron chi connectivity index (χ4n) is 3.68. The van der Waals surface area contributed by atoms with Gasteiger partial charge in [0.25, 0.3) is 0 Å². The van der Waals surface area contributed by atoms with Gasteiger partial charge in [-0.1, -0.05) is 39.0 Å². The summed E-state index contributed by atoms with van der Waals surface area (Å²) in [5, 5.41) is 12.4. The topological polar surface area (TPSA) is 139 Å². The van der Waals surface area contributed by atoms with Crippen LogP contribution in [0, 0.1) is 6.92 Å². The predicted molar refractivity (Wildman–Crippen MR) is 128 cm³/mol. The van der Waals surface area contributed by atoms with Crippen molar-refractivity contribution in [1.82, 2.24) is 24.0 Å². The number of esters is 1. The summed E-state index contributed by atoms with van der Waals surface area (Å²) >= 11 is 1.11. The molecule has 180 valence electrons. The van der Waals surface area contributed by atoms with E-state index in [1.807, 2.05) is 20.8 Å². The first-order valence-corrected chi connectivity index (χ1v) is 11.7. The van der Waals surface area contributed by atoms with Gasteiger partial charge in [0.05, 0.1) is 24.8 Å². The van der Waals surface area contributed by atoms with Crippen LogP contribution in [0.15, 0.2) is 34.5 Å². The van der Waals surface area contributed by atoms with E-state index in [0.29, 0.717) is 51.5 Å². The fourth-order valence-corrected chi connectivity index (χ4v) is 4.19. The van der Waals surface area contributed by atoms with Gasteiger partial charge in [-0.05, 0) is 13.0 Å². The molecule has 0 amide bonds. The maximum atomic E-state index is 13.5. The molecule has 12 heteroatoms. The highest BCUT2D eigenvalue weighted by Gasteiger charge is 2.39. The van der Waals surface area contributed by atoms with E-state index in [0.717, 1.165) is 11.5 Å². The highest BCUT2D eigenvalue weighted by Crippen LogP contribution is 2.42. The molecule has 0 aliphatic carbocycles. The van der Waals surface area contributed by atoms with Gasteiger partial charge in [0.15, 0.2) is 17.2 Å². The van der Waals surface area contributed by atoms with Crippen LogP contribution in [0.2, 0.25) is 0 Å². The number of H-pyrrole nitrogens is 1. The van der Waals surface area contributed by atoms with Gasteiger partial charge < -0.3 is 9.47 Å². The van der Waals surface area contributed by atoms with E-state index in [-0.39, 0.29) is 16.8 Å². The van der Waals surface area contributed by atoms with Crippen molar-refractivity contribution in [2.45, 2.75) is 39.2 Å². The number of hydrogen-bond donors (Lipinski definition) is 1. The third-order valence-electron chi connectivity index (χ3n) is 5.49. The van der Waals surface area contributed by atoms with Gasteiger partial charge >= 0.3 is 5.97 Å². The Bertz CT molecular complexity index is 1490. The number of methoxy groups -OCH3 is 1. The molecule has 1 atom stereocenters. The second-order valence-electron chi connectivity index (χ2n) is 9.10. The van der Waals surface area contributed by atoms with Crippen molar-refractivity contribution in [2.75, 3.05) is 13.7 Å². The molecule has 1 aliphatic rings. The van der Waals surface area contributed by atoms with Gasteiger partial charge in [-0.25, -0.2) is 19.3 Å². The van der Waals surface area contributed by atoms with E-state index >= 15 is 0 Å². The predicted octanol–water partition coefficient (Wildman–Crippen LogP) is 4.57. The lowest BCUT2D eigenvalue weighted by Gasteiger charge is -2.14. The third-order valence-corrected chi connectivity index (χ3v) is 6.18. The number of benzene rings is 1. The average molecular weight is 494 g/mol. The number of aromatic nitrogens is 5. The molecule has 11 nitrogen and oxygen atoms in total. The molecule has 3 aromatic heterocycles. The van der Waals surface area contributed by atoms with E-state index in [1.54, 1.807) is 35.7 Å². The van der Waals surface area contributed by atoms with Crippen LogP contribution >= 0.6 is 11.5 Å². The summed E-state index contributed by atoms with van der Waals surface area (Å²) in [6, 6.07) is 6.88. The van der Waals surface area contributed by atoms with Crippen LogP contribution in [0.3, 0.4) is 0 Å². The van der Waals surface area contributed by atoms with E-state index < -0.39 is 12.1 Å². The third kappa shape index (κ3) is 4.15. The van der Waals surface area contributed by atoms with Gasteiger partial charge in [0, 0.05) is 28.1 Å². The molecule has 1 fully saturated rings. The zero-order valence-corrected chi connectivity index (χ0v) is 20.6. The van der Waals surface area contributed by atoms with E-state index in [1.165, 1.54) is 7.11 Å². The molecule has 1 aromatic carbocycles. The molecule has 4 heterocycles. The lowest BCUT2D eigenvalue weighted by atomic mass is 9.94. The molecule has 5 rings (SSSR count). The lowest BCUT2D eigenvalue weighted by molar-refractivity contribution is 0.0601. The van der Waals surface area contributed by atoms with E-state index in [2.05, 4.69) is 24.7 Å². The summed E-state index contributed by atoms with van der Waals surface area (Å²) in [6.07, 6.45) is -0.573. The highest BCUT2D eigenvalue weighted by molar-refractivity contribution is 7.09. The van der Waals surface area contributed by atoms with Gasteiger partial charge in [-0.2, -0.15) is 4.37 Å². The zero-order chi connectivity index (χ0) is 24.9. The molecule has 1 saturated heterocycles. The first-order valence-electron chi connectivity index (χ1n) is 10.9. The minimum absolute atomic E-state index is 0.239. The Morgan fingerprint density at radius 1 is 1.23 bits per heavy atom. The number of carbonyl (C=O) groups is 2. The van der Waals surface area contributed by atoms with Crippen LogP contribution in [-0.2, 0) is 14.9 Å². The number of aromatic amines is 1. The van der Waals surface area contributed by atoms with Crippen molar-refractivity contribution in [3.8, 4) is 11.1 Å². The quantitative estimate of drug-likeness (QED) is 0.180. The Kier molecular flexibility index (Phi) is 5.56. The van der Waals surface area contributed by atoms with Crippen molar-refractivity contribution >= 4 is 39.9 Å². The van der Waals surface area contributed by atoms with Crippen LogP contribution in [0.5, 0.6) is 0 Å². The summed E-state index contributed by atoms with van der Waals surface area (Å²) < 4.78 is 16.1. The fraction of sp³-hybridized carbons (Fsp3) is 0.348. The number of nitrogens with one attached hydrogen (secondary N) is 1. The summed E-state index contributed by atoms with van der Waals surface area (Å²) in [5.74, 6) is 0.768. The number of nitrogens with zero attached hydrogens (tertiary/aromatic N) is 6. The lowest BCUT2D eigenvalue weighted by Crippen LogP contribution is -2.14. The molecule has 4 aromatic rings. The molecule has 0 bridgehead atoms. The molecular formula is C23H23N7O4S. The molecule has 1 unspecified atom stereocenters. The smallest absolute Gasteiger partial charge is 0.338 e. The van der Waals surface area contributed by atoms with Crippen molar-refractivity contribution in [3.05, 3.63) is 47.0 Å². The standard InChI is InChI=1S/C23H23N7O4S/c1-11-24-22(35-29-11)27-26-19-15(12-8-6-7-9-13(12)20(32)33-5)16(17(31)14-10-34-14)18-25-21(23(2,3)4)28-30(18)19/h6-9,14H,10H2,1-5H3,(H,25,28). The summed E-state index contributed by atoms with van der Waals surface area (Å²) in [7, 11) is 1.31. The van der Waals surface area contributed by atoms with Crippen molar-refractivity contribution < 1.29 is 19.1 Å². The van der Waals surface area contributed by atoms with Crippen LogP contribution in [-0.4, -0.2) is 55.5 Å². The van der Waals surface area contributed by atoms with Gasteiger partial charge in [0.1, 0.15) is 17.8 Å². The Labute approximate surface area is 204 Å². The highest BCUT2D eigenvalue weighted by atomic mass is 32.1. The first-order chi connectivity index (χ1) is 16.7. The van der Waals surface area contributed by atoms with E-state index in [4.69, 9.17) is 14.5 Å². The van der Waals surface area contributed by atoms with Gasteiger partial charge in [-0.3, -0.25) is 9.89 Å². The van der Waals surface area contributed by atoms with Crippen molar-refractivity contribution in [3.63, 3.8) is 0 Å².